The Morgan fingerprint density at radius 3 is 3.00 bits per heavy atom. The average molecular weight is 291 g/mol. The highest BCUT2D eigenvalue weighted by Gasteiger charge is 2.22. The van der Waals surface area contributed by atoms with Crippen LogP contribution in [0, 0.1) is 0 Å². The molecule has 2 aliphatic rings. The first-order valence-corrected chi connectivity index (χ1v) is 8.19. The third-order valence-electron chi connectivity index (χ3n) is 4.27. The van der Waals surface area contributed by atoms with Gasteiger partial charge in [0.1, 0.15) is 5.82 Å². The Balaban J connectivity index is 1.53. The van der Waals surface area contributed by atoms with Gasteiger partial charge >= 0.3 is 0 Å². The van der Waals surface area contributed by atoms with Gasteiger partial charge in [-0.3, -0.25) is 4.79 Å². The summed E-state index contributed by atoms with van der Waals surface area (Å²) in [6.45, 7) is 3.73. The fourth-order valence-electron chi connectivity index (χ4n) is 2.88. The number of rotatable bonds is 6. The molecule has 1 amide bonds. The quantitative estimate of drug-likeness (QED) is 0.829. The zero-order valence-corrected chi connectivity index (χ0v) is 12.8. The molecule has 0 bridgehead atoms. The molecule has 21 heavy (non-hydrogen) atoms. The molecular formula is C15H25N5O. The Labute approximate surface area is 125 Å². The molecule has 0 aromatic carbocycles. The molecule has 1 unspecified atom stereocenters. The van der Waals surface area contributed by atoms with Crippen molar-refractivity contribution in [3.8, 4) is 0 Å². The molecule has 2 N–H and O–H groups in total. The average Bonchev–Trinajstić information content (AvgIpc) is 3.23. The van der Waals surface area contributed by atoms with Crippen LogP contribution < -0.4 is 10.6 Å². The van der Waals surface area contributed by atoms with E-state index in [0.717, 1.165) is 31.2 Å². The molecule has 2 heterocycles. The Morgan fingerprint density at radius 1 is 1.33 bits per heavy atom. The van der Waals surface area contributed by atoms with Gasteiger partial charge < -0.3 is 15.2 Å². The van der Waals surface area contributed by atoms with E-state index in [1.165, 1.54) is 32.1 Å². The maximum Gasteiger partial charge on any atom is 0.221 e. The Morgan fingerprint density at radius 2 is 2.19 bits per heavy atom. The van der Waals surface area contributed by atoms with Crippen LogP contribution in [0.2, 0.25) is 0 Å². The topological polar surface area (TPSA) is 71.8 Å². The molecule has 0 saturated heterocycles. The first-order valence-electron chi connectivity index (χ1n) is 8.19. The van der Waals surface area contributed by atoms with Gasteiger partial charge in [-0.15, -0.1) is 10.2 Å². The number of aryl methyl sites for hydroxylation is 1. The summed E-state index contributed by atoms with van der Waals surface area (Å²) >= 11 is 0. The van der Waals surface area contributed by atoms with Gasteiger partial charge in [0.05, 0.1) is 6.04 Å². The van der Waals surface area contributed by atoms with Crippen LogP contribution in [-0.4, -0.2) is 33.3 Å². The highest BCUT2D eigenvalue weighted by molar-refractivity contribution is 5.76. The number of fused-ring (bicyclic) bond motifs is 1. The molecular weight excluding hydrogens is 266 g/mol. The van der Waals surface area contributed by atoms with Crippen molar-refractivity contribution in [2.45, 2.75) is 70.5 Å². The molecule has 1 aliphatic carbocycles. The minimum atomic E-state index is -0.0715. The lowest BCUT2D eigenvalue weighted by atomic mass is 10.2. The van der Waals surface area contributed by atoms with Crippen LogP contribution in [0.3, 0.4) is 0 Å². The predicted molar refractivity (Wildman–Crippen MR) is 79.8 cm³/mol. The SMILES string of the molecule is CC(NC(=O)CCNC1CC1)c1nnc2n1CCCCC2. The van der Waals surface area contributed by atoms with Crippen LogP contribution in [0.15, 0.2) is 0 Å². The molecule has 1 atom stereocenters. The lowest BCUT2D eigenvalue weighted by Gasteiger charge is -2.15. The molecule has 0 spiro atoms. The summed E-state index contributed by atoms with van der Waals surface area (Å²) in [6.07, 6.45) is 7.64. The molecule has 1 aliphatic heterocycles. The molecule has 1 fully saturated rings. The molecule has 6 nitrogen and oxygen atoms in total. The molecule has 1 aromatic heterocycles. The lowest BCUT2D eigenvalue weighted by Crippen LogP contribution is -2.31. The van der Waals surface area contributed by atoms with Gasteiger partial charge in [0.25, 0.3) is 0 Å². The van der Waals surface area contributed by atoms with E-state index < -0.39 is 0 Å². The van der Waals surface area contributed by atoms with Gasteiger partial charge in [-0.2, -0.15) is 0 Å². The van der Waals surface area contributed by atoms with Crippen molar-refractivity contribution in [2.24, 2.45) is 0 Å². The van der Waals surface area contributed by atoms with Crippen molar-refractivity contribution in [3.63, 3.8) is 0 Å². The molecule has 0 radical (unpaired) electrons. The Kier molecular flexibility index (Phi) is 4.53. The van der Waals surface area contributed by atoms with Crippen LogP contribution >= 0.6 is 0 Å². The van der Waals surface area contributed by atoms with Crippen molar-refractivity contribution < 1.29 is 4.79 Å². The van der Waals surface area contributed by atoms with E-state index in [0.29, 0.717) is 12.5 Å². The molecule has 3 rings (SSSR count). The third-order valence-corrected chi connectivity index (χ3v) is 4.27. The standard InChI is InChI=1S/C15H25N5O/c1-11(17-14(21)8-9-16-12-6-7-12)15-19-18-13-5-3-2-4-10-20(13)15/h11-12,16H,2-10H2,1H3,(H,17,21). The van der Waals surface area contributed by atoms with Crippen molar-refractivity contribution in [2.75, 3.05) is 6.54 Å². The summed E-state index contributed by atoms with van der Waals surface area (Å²) in [5, 5.41) is 15.0. The summed E-state index contributed by atoms with van der Waals surface area (Å²) in [6, 6.07) is 0.584. The molecule has 1 aromatic rings. The summed E-state index contributed by atoms with van der Waals surface area (Å²) < 4.78 is 2.19. The number of aromatic nitrogens is 3. The van der Waals surface area contributed by atoms with Crippen molar-refractivity contribution in [1.82, 2.24) is 25.4 Å². The Hall–Kier alpha value is -1.43. The number of carbonyl (C=O) groups is 1. The summed E-state index contributed by atoms with van der Waals surface area (Å²) in [5.41, 5.74) is 0. The minimum absolute atomic E-state index is 0.0715. The first kappa shape index (κ1) is 14.5. The van der Waals surface area contributed by atoms with Gasteiger partial charge in [-0.1, -0.05) is 6.42 Å². The van der Waals surface area contributed by atoms with Crippen LogP contribution in [0.25, 0.3) is 0 Å². The van der Waals surface area contributed by atoms with E-state index in [-0.39, 0.29) is 11.9 Å². The zero-order chi connectivity index (χ0) is 14.7. The first-order chi connectivity index (χ1) is 10.2. The highest BCUT2D eigenvalue weighted by Crippen LogP contribution is 2.19. The monoisotopic (exact) mass is 291 g/mol. The van der Waals surface area contributed by atoms with E-state index in [9.17, 15) is 4.79 Å². The molecule has 6 heteroatoms. The number of nitrogens with one attached hydrogen (secondary N) is 2. The minimum Gasteiger partial charge on any atom is -0.346 e. The molecule has 1 saturated carbocycles. The molecule has 116 valence electrons. The second-order valence-electron chi connectivity index (χ2n) is 6.20. The van der Waals surface area contributed by atoms with Gasteiger partial charge in [0.2, 0.25) is 5.91 Å². The fourth-order valence-corrected chi connectivity index (χ4v) is 2.88. The largest absolute Gasteiger partial charge is 0.346 e. The van der Waals surface area contributed by atoms with Crippen LogP contribution in [0.1, 0.15) is 63.1 Å². The highest BCUT2D eigenvalue weighted by atomic mass is 16.1. The van der Waals surface area contributed by atoms with E-state index in [4.69, 9.17) is 0 Å². The van der Waals surface area contributed by atoms with Crippen LogP contribution in [-0.2, 0) is 17.8 Å². The van der Waals surface area contributed by atoms with Crippen molar-refractivity contribution >= 4 is 5.91 Å². The third kappa shape index (κ3) is 3.81. The zero-order valence-electron chi connectivity index (χ0n) is 12.8. The summed E-state index contributed by atoms with van der Waals surface area (Å²) in [5.74, 6) is 2.05. The maximum atomic E-state index is 12.0. The number of hydrogen-bond acceptors (Lipinski definition) is 4. The number of carbonyl (C=O) groups excluding carboxylic acids is 1. The van der Waals surface area contributed by atoms with Crippen molar-refractivity contribution in [1.29, 1.82) is 0 Å². The number of hydrogen-bond donors (Lipinski definition) is 2. The lowest BCUT2D eigenvalue weighted by molar-refractivity contribution is -0.121. The van der Waals surface area contributed by atoms with Crippen molar-refractivity contribution in [3.05, 3.63) is 11.6 Å². The number of amides is 1. The maximum absolute atomic E-state index is 12.0. The van der Waals surface area contributed by atoms with E-state index in [1.807, 2.05) is 6.92 Å². The Bertz CT molecular complexity index is 494. The van der Waals surface area contributed by atoms with E-state index in [2.05, 4.69) is 25.4 Å². The van der Waals surface area contributed by atoms with Gasteiger partial charge in [-0.05, 0) is 32.6 Å². The normalized spacial score (nSPS) is 19.7. The van der Waals surface area contributed by atoms with Crippen LogP contribution in [0.5, 0.6) is 0 Å². The van der Waals surface area contributed by atoms with Gasteiger partial charge in [0.15, 0.2) is 5.82 Å². The predicted octanol–water partition coefficient (Wildman–Crippen LogP) is 1.32. The van der Waals surface area contributed by atoms with Crippen LogP contribution in [0.4, 0.5) is 0 Å². The number of nitrogens with zero attached hydrogens (tertiary/aromatic N) is 3. The second-order valence-corrected chi connectivity index (χ2v) is 6.20. The van der Waals surface area contributed by atoms with Gasteiger partial charge in [0, 0.05) is 32.0 Å². The summed E-state index contributed by atoms with van der Waals surface area (Å²) in [7, 11) is 0. The van der Waals surface area contributed by atoms with Gasteiger partial charge in [-0.25, -0.2) is 0 Å². The fraction of sp³-hybridized carbons (Fsp3) is 0.800. The second kappa shape index (κ2) is 6.56. The summed E-state index contributed by atoms with van der Waals surface area (Å²) in [4.78, 5) is 12.0. The smallest absolute Gasteiger partial charge is 0.221 e. The van der Waals surface area contributed by atoms with E-state index >= 15 is 0 Å². The van der Waals surface area contributed by atoms with E-state index in [1.54, 1.807) is 0 Å².